The van der Waals surface area contributed by atoms with Gasteiger partial charge < -0.3 is 9.64 Å². The number of nitrogens with zero attached hydrogens (tertiary/aromatic N) is 1. The SMILES string of the molecule is COC(=O)c1ccc2c(c1)N(Cc1cc(C)ccc1C)C(=O)c1ccccc1S2(=O)=O. The zero-order chi connectivity index (χ0) is 22.3. The molecule has 1 amide bonds. The van der Waals surface area contributed by atoms with Crippen LogP contribution in [0.2, 0.25) is 0 Å². The van der Waals surface area contributed by atoms with E-state index in [0.29, 0.717) is 0 Å². The lowest BCUT2D eigenvalue weighted by Crippen LogP contribution is -2.31. The monoisotopic (exact) mass is 435 g/mol. The Balaban J connectivity index is 2.00. The fourth-order valence-corrected chi connectivity index (χ4v) is 5.38. The van der Waals surface area contributed by atoms with Crippen LogP contribution in [0.3, 0.4) is 0 Å². The molecule has 0 bridgehead atoms. The van der Waals surface area contributed by atoms with Crippen LogP contribution in [0, 0.1) is 13.8 Å². The minimum Gasteiger partial charge on any atom is -0.465 e. The number of hydrogen-bond donors (Lipinski definition) is 0. The van der Waals surface area contributed by atoms with E-state index in [-0.39, 0.29) is 33.2 Å². The third-order valence-electron chi connectivity index (χ3n) is 5.45. The third kappa shape index (κ3) is 3.51. The Morgan fingerprint density at radius 3 is 2.45 bits per heavy atom. The van der Waals surface area contributed by atoms with Gasteiger partial charge in [-0.25, -0.2) is 13.2 Å². The number of aryl methyl sites for hydroxylation is 2. The molecule has 0 fully saturated rings. The van der Waals surface area contributed by atoms with Crippen LogP contribution in [0.15, 0.2) is 70.5 Å². The van der Waals surface area contributed by atoms with E-state index in [0.717, 1.165) is 16.7 Å². The molecule has 3 aromatic carbocycles. The molecule has 0 aliphatic carbocycles. The zero-order valence-corrected chi connectivity index (χ0v) is 18.2. The van der Waals surface area contributed by atoms with Crippen LogP contribution in [0.5, 0.6) is 0 Å². The van der Waals surface area contributed by atoms with Crippen molar-refractivity contribution in [1.29, 1.82) is 0 Å². The molecule has 0 spiro atoms. The highest BCUT2D eigenvalue weighted by atomic mass is 32.2. The number of methoxy groups -OCH3 is 1. The van der Waals surface area contributed by atoms with Crippen molar-refractivity contribution in [3.8, 4) is 0 Å². The molecule has 7 heteroatoms. The number of esters is 1. The molecule has 0 aromatic heterocycles. The third-order valence-corrected chi connectivity index (χ3v) is 7.30. The van der Waals surface area contributed by atoms with E-state index < -0.39 is 21.7 Å². The average molecular weight is 436 g/mol. The van der Waals surface area contributed by atoms with E-state index in [9.17, 15) is 18.0 Å². The van der Waals surface area contributed by atoms with E-state index in [2.05, 4.69) is 0 Å². The molecular weight excluding hydrogens is 414 g/mol. The first-order chi connectivity index (χ1) is 14.7. The number of amides is 1. The quantitative estimate of drug-likeness (QED) is 0.579. The Labute approximate surface area is 181 Å². The van der Waals surface area contributed by atoms with Gasteiger partial charge in [0, 0.05) is 0 Å². The van der Waals surface area contributed by atoms with Crippen LogP contribution >= 0.6 is 0 Å². The van der Waals surface area contributed by atoms with Crippen LogP contribution in [0.1, 0.15) is 37.4 Å². The van der Waals surface area contributed by atoms with Gasteiger partial charge in [-0.15, -0.1) is 0 Å². The first-order valence-corrected chi connectivity index (χ1v) is 11.2. The van der Waals surface area contributed by atoms with Gasteiger partial charge in [-0.2, -0.15) is 0 Å². The Bertz CT molecular complexity index is 1330. The van der Waals surface area contributed by atoms with Crippen LogP contribution in [-0.2, 0) is 21.1 Å². The van der Waals surface area contributed by atoms with Gasteiger partial charge in [0.15, 0.2) is 0 Å². The highest BCUT2D eigenvalue weighted by molar-refractivity contribution is 7.91. The van der Waals surface area contributed by atoms with E-state index in [1.165, 1.54) is 42.3 Å². The van der Waals surface area contributed by atoms with Gasteiger partial charge in [-0.05, 0) is 55.3 Å². The number of sulfone groups is 1. The first kappa shape index (κ1) is 20.8. The van der Waals surface area contributed by atoms with Gasteiger partial charge in [0.05, 0.1) is 40.3 Å². The number of rotatable bonds is 3. The van der Waals surface area contributed by atoms with Crippen LogP contribution in [0.4, 0.5) is 5.69 Å². The van der Waals surface area contributed by atoms with Gasteiger partial charge in [-0.1, -0.05) is 35.9 Å². The molecule has 0 N–H and O–H groups in total. The van der Waals surface area contributed by atoms with Crippen molar-refractivity contribution < 1.29 is 22.7 Å². The van der Waals surface area contributed by atoms with Gasteiger partial charge in [-0.3, -0.25) is 4.79 Å². The molecule has 0 radical (unpaired) electrons. The van der Waals surface area contributed by atoms with Crippen molar-refractivity contribution in [2.75, 3.05) is 12.0 Å². The molecule has 0 saturated carbocycles. The second-order valence-electron chi connectivity index (χ2n) is 7.49. The number of benzene rings is 3. The maximum atomic E-state index is 13.6. The summed E-state index contributed by atoms with van der Waals surface area (Å²) >= 11 is 0. The summed E-state index contributed by atoms with van der Waals surface area (Å²) < 4.78 is 31.7. The van der Waals surface area contributed by atoms with Gasteiger partial charge in [0.2, 0.25) is 9.84 Å². The Morgan fingerprint density at radius 1 is 0.968 bits per heavy atom. The molecule has 1 aliphatic rings. The summed E-state index contributed by atoms with van der Waals surface area (Å²) in [5.41, 5.74) is 3.32. The summed E-state index contributed by atoms with van der Waals surface area (Å²) in [4.78, 5) is 27.1. The fourth-order valence-electron chi connectivity index (χ4n) is 3.75. The summed E-state index contributed by atoms with van der Waals surface area (Å²) in [5.74, 6) is -1.05. The lowest BCUT2D eigenvalue weighted by atomic mass is 10.0. The Kier molecular flexibility index (Phi) is 5.15. The molecule has 1 aliphatic heterocycles. The predicted molar refractivity (Wildman–Crippen MR) is 116 cm³/mol. The topological polar surface area (TPSA) is 80.8 Å². The predicted octanol–water partition coefficient (Wildman–Crippen LogP) is 4.08. The van der Waals surface area contributed by atoms with Crippen molar-refractivity contribution >= 4 is 27.4 Å². The molecule has 158 valence electrons. The van der Waals surface area contributed by atoms with Crippen molar-refractivity contribution in [3.05, 3.63) is 88.5 Å². The minimum absolute atomic E-state index is 0.0243. The number of carbonyl (C=O) groups is 2. The average Bonchev–Trinajstić information content (AvgIpc) is 2.83. The number of fused-ring (bicyclic) bond motifs is 2. The number of ether oxygens (including phenoxy) is 1. The zero-order valence-electron chi connectivity index (χ0n) is 17.4. The highest BCUT2D eigenvalue weighted by Gasteiger charge is 2.36. The summed E-state index contributed by atoms with van der Waals surface area (Å²) in [7, 11) is -2.73. The van der Waals surface area contributed by atoms with Crippen molar-refractivity contribution in [2.45, 2.75) is 30.2 Å². The van der Waals surface area contributed by atoms with E-state index >= 15 is 0 Å². The van der Waals surface area contributed by atoms with Gasteiger partial charge >= 0.3 is 5.97 Å². The van der Waals surface area contributed by atoms with E-state index in [1.807, 2.05) is 32.0 Å². The molecule has 0 unspecified atom stereocenters. The van der Waals surface area contributed by atoms with E-state index in [4.69, 9.17) is 4.74 Å². The number of carbonyl (C=O) groups excluding carboxylic acids is 2. The fraction of sp³-hybridized carbons (Fsp3) is 0.167. The van der Waals surface area contributed by atoms with Crippen LogP contribution in [0.25, 0.3) is 0 Å². The second kappa shape index (κ2) is 7.67. The summed E-state index contributed by atoms with van der Waals surface area (Å²) in [6.45, 7) is 4.05. The molecule has 31 heavy (non-hydrogen) atoms. The molecular formula is C24H21NO5S. The van der Waals surface area contributed by atoms with Gasteiger partial charge in [0.1, 0.15) is 0 Å². The molecule has 6 nitrogen and oxygen atoms in total. The van der Waals surface area contributed by atoms with Crippen LogP contribution < -0.4 is 4.90 Å². The number of anilines is 1. The summed E-state index contributed by atoms with van der Waals surface area (Å²) in [5, 5.41) is 0. The minimum atomic E-state index is -3.98. The molecule has 3 aromatic rings. The van der Waals surface area contributed by atoms with Crippen molar-refractivity contribution in [1.82, 2.24) is 0 Å². The van der Waals surface area contributed by atoms with E-state index in [1.54, 1.807) is 12.1 Å². The molecule has 4 rings (SSSR count). The molecule has 1 heterocycles. The smallest absolute Gasteiger partial charge is 0.337 e. The second-order valence-corrected chi connectivity index (χ2v) is 9.38. The summed E-state index contributed by atoms with van der Waals surface area (Å²) in [6, 6.07) is 16.3. The van der Waals surface area contributed by atoms with Gasteiger partial charge in [0.25, 0.3) is 5.91 Å². The lowest BCUT2D eigenvalue weighted by molar-refractivity contribution is 0.0600. The maximum absolute atomic E-state index is 13.6. The lowest BCUT2D eigenvalue weighted by Gasteiger charge is -2.24. The molecule has 0 atom stereocenters. The Morgan fingerprint density at radius 2 is 1.71 bits per heavy atom. The van der Waals surface area contributed by atoms with Crippen molar-refractivity contribution in [2.24, 2.45) is 0 Å². The Hall–Kier alpha value is -3.45. The number of hydrogen-bond acceptors (Lipinski definition) is 5. The van der Waals surface area contributed by atoms with Crippen LogP contribution in [-0.4, -0.2) is 27.4 Å². The standard InChI is InChI=1S/C24H21NO5S/c1-15-8-9-16(2)18(12-15)14-25-20-13-17(24(27)30-3)10-11-22(20)31(28,29)21-7-5-4-6-19(21)23(25)26/h4-13H,14H2,1-3H3. The normalized spacial score (nSPS) is 14.4. The highest BCUT2D eigenvalue weighted by Crippen LogP contribution is 2.38. The van der Waals surface area contributed by atoms with Crippen molar-refractivity contribution in [3.63, 3.8) is 0 Å². The largest absolute Gasteiger partial charge is 0.465 e. The maximum Gasteiger partial charge on any atom is 0.337 e. The first-order valence-electron chi connectivity index (χ1n) is 9.68. The summed E-state index contributed by atoms with van der Waals surface area (Å²) in [6.07, 6.45) is 0. The molecule has 0 saturated heterocycles.